The number of nitrogens with one attached hydrogen (secondary N) is 3. The van der Waals surface area contributed by atoms with Crippen molar-refractivity contribution in [2.24, 2.45) is 0 Å². The number of anilines is 1. The number of carbonyl (C=O) groups is 2. The number of hydrogen-bond donors (Lipinski definition) is 3. The van der Waals surface area contributed by atoms with Crippen LogP contribution in [0.3, 0.4) is 0 Å². The summed E-state index contributed by atoms with van der Waals surface area (Å²) in [6.45, 7) is -0.306. The molecule has 9 nitrogen and oxygen atoms in total. The Balaban J connectivity index is 1.38. The molecule has 1 fully saturated rings. The number of ether oxygens (including phenoxy) is 1. The van der Waals surface area contributed by atoms with Crippen molar-refractivity contribution in [3.63, 3.8) is 0 Å². The van der Waals surface area contributed by atoms with E-state index in [1.54, 1.807) is 30.3 Å². The molecular weight excluding hydrogens is 505 g/mol. The molecule has 2 amide bonds. The van der Waals surface area contributed by atoms with E-state index in [1.165, 1.54) is 17.0 Å². The van der Waals surface area contributed by atoms with Crippen molar-refractivity contribution < 1.29 is 18.7 Å². The number of aromatic nitrogens is 2. The van der Waals surface area contributed by atoms with Gasteiger partial charge >= 0.3 is 0 Å². The minimum absolute atomic E-state index is 0.152. The maximum absolute atomic E-state index is 12.8. The Bertz CT molecular complexity index is 1370. The first-order valence-electron chi connectivity index (χ1n) is 11.1. The Kier molecular flexibility index (Phi) is 6.95. The average Bonchev–Trinajstić information content (AvgIpc) is 3.54. The first-order valence-corrected chi connectivity index (χ1v) is 11.8. The van der Waals surface area contributed by atoms with Gasteiger partial charge in [0.1, 0.15) is 17.3 Å². The summed E-state index contributed by atoms with van der Waals surface area (Å²) >= 11 is 12.0. The van der Waals surface area contributed by atoms with Crippen molar-refractivity contribution in [1.82, 2.24) is 20.4 Å². The molecule has 0 spiro atoms. The molecule has 4 aromatic rings. The average molecular weight is 526 g/mol. The second-order valence-corrected chi connectivity index (χ2v) is 8.90. The van der Waals surface area contributed by atoms with E-state index in [9.17, 15) is 9.59 Å². The maximum Gasteiger partial charge on any atom is 0.263 e. The molecule has 1 aliphatic rings. The van der Waals surface area contributed by atoms with Crippen molar-refractivity contribution in [1.29, 1.82) is 0 Å². The first-order chi connectivity index (χ1) is 17.5. The summed E-state index contributed by atoms with van der Waals surface area (Å²) < 4.78 is 12.5. The fraction of sp³-hybridized carbons (Fsp3) is 0.160. The monoisotopic (exact) mass is 525 g/mol. The Labute approximate surface area is 216 Å². The van der Waals surface area contributed by atoms with Gasteiger partial charge in [0.05, 0.1) is 11.3 Å². The molecule has 3 N–H and O–H groups in total. The van der Waals surface area contributed by atoms with Crippen molar-refractivity contribution >= 4 is 40.8 Å². The Morgan fingerprint density at radius 1 is 1.14 bits per heavy atom. The van der Waals surface area contributed by atoms with Crippen LogP contribution in [0, 0.1) is 0 Å². The fourth-order valence-electron chi connectivity index (χ4n) is 3.86. The van der Waals surface area contributed by atoms with Gasteiger partial charge in [-0.05, 0) is 35.9 Å². The number of hydrogen-bond acceptors (Lipinski definition) is 6. The van der Waals surface area contributed by atoms with Gasteiger partial charge < -0.3 is 19.8 Å². The number of amides is 2. The quantitative estimate of drug-likeness (QED) is 0.320. The molecular formula is C25H21Cl2N5O4. The van der Waals surface area contributed by atoms with Gasteiger partial charge in [-0.25, -0.2) is 4.68 Å². The Morgan fingerprint density at radius 3 is 2.72 bits per heavy atom. The third kappa shape index (κ3) is 5.38. The smallest absolute Gasteiger partial charge is 0.263 e. The van der Waals surface area contributed by atoms with Crippen molar-refractivity contribution in [2.75, 3.05) is 11.9 Å². The summed E-state index contributed by atoms with van der Waals surface area (Å²) in [6, 6.07) is 19.3. The second kappa shape index (κ2) is 10.4. The van der Waals surface area contributed by atoms with Crippen LogP contribution in [0.2, 0.25) is 10.0 Å². The van der Waals surface area contributed by atoms with Crippen LogP contribution in [-0.2, 0) is 9.59 Å². The molecule has 184 valence electrons. The van der Waals surface area contributed by atoms with Gasteiger partial charge in [0.15, 0.2) is 18.7 Å². The van der Waals surface area contributed by atoms with Crippen LogP contribution in [-0.4, -0.2) is 28.2 Å². The molecule has 1 aliphatic heterocycles. The Morgan fingerprint density at radius 2 is 1.97 bits per heavy atom. The molecule has 0 bridgehead atoms. The van der Waals surface area contributed by atoms with Crippen molar-refractivity contribution in [2.45, 2.75) is 18.8 Å². The van der Waals surface area contributed by atoms with Crippen LogP contribution in [0.25, 0.3) is 11.5 Å². The highest BCUT2D eigenvalue weighted by Crippen LogP contribution is 2.29. The lowest BCUT2D eigenvalue weighted by Crippen LogP contribution is -2.50. The van der Waals surface area contributed by atoms with Crippen LogP contribution in [0.5, 0.6) is 5.75 Å². The molecule has 2 aromatic carbocycles. The molecule has 11 heteroatoms. The zero-order valence-electron chi connectivity index (χ0n) is 18.8. The summed E-state index contributed by atoms with van der Waals surface area (Å²) in [6.07, 6.45) is 1.08. The number of halogens is 2. The van der Waals surface area contributed by atoms with Gasteiger partial charge in [0.25, 0.3) is 5.91 Å². The molecule has 2 atom stereocenters. The zero-order chi connectivity index (χ0) is 25.1. The normalized spacial score (nSPS) is 17.4. The fourth-order valence-corrected chi connectivity index (χ4v) is 4.33. The van der Waals surface area contributed by atoms with E-state index in [0.29, 0.717) is 33.1 Å². The van der Waals surface area contributed by atoms with Gasteiger partial charge in [-0.2, -0.15) is 5.10 Å². The SMILES string of the molecule is O=C(COc1ccc(Cl)cc1Cl)Nc1cc(-c2ccco2)nn1C1NC(=O)CC(c2ccccc2)N1. The van der Waals surface area contributed by atoms with E-state index in [-0.39, 0.29) is 25.0 Å². The molecule has 3 heterocycles. The number of rotatable bonds is 7. The molecule has 0 saturated carbocycles. The number of carbonyl (C=O) groups excluding carboxylic acids is 2. The van der Waals surface area contributed by atoms with E-state index in [2.05, 4.69) is 21.0 Å². The lowest BCUT2D eigenvalue weighted by molar-refractivity contribution is -0.125. The molecule has 2 aromatic heterocycles. The summed E-state index contributed by atoms with van der Waals surface area (Å²) in [7, 11) is 0. The molecule has 2 unspecified atom stereocenters. The highest BCUT2D eigenvalue weighted by molar-refractivity contribution is 6.35. The number of benzene rings is 2. The van der Waals surface area contributed by atoms with Crippen LogP contribution in [0.1, 0.15) is 24.3 Å². The minimum Gasteiger partial charge on any atom is -0.482 e. The predicted molar refractivity (Wildman–Crippen MR) is 135 cm³/mol. The molecule has 0 radical (unpaired) electrons. The summed E-state index contributed by atoms with van der Waals surface area (Å²) in [5.41, 5.74) is 1.45. The highest BCUT2D eigenvalue weighted by Gasteiger charge is 2.30. The second-order valence-electron chi connectivity index (χ2n) is 8.05. The van der Waals surface area contributed by atoms with Gasteiger partial charge in [-0.3, -0.25) is 14.9 Å². The largest absolute Gasteiger partial charge is 0.482 e. The topological polar surface area (TPSA) is 110 Å². The van der Waals surface area contributed by atoms with E-state index in [4.69, 9.17) is 32.4 Å². The van der Waals surface area contributed by atoms with Gasteiger partial charge in [-0.1, -0.05) is 53.5 Å². The van der Waals surface area contributed by atoms with E-state index < -0.39 is 12.2 Å². The van der Waals surface area contributed by atoms with Gasteiger partial charge in [0.2, 0.25) is 5.91 Å². The molecule has 36 heavy (non-hydrogen) atoms. The van der Waals surface area contributed by atoms with Crippen LogP contribution in [0.15, 0.2) is 77.4 Å². The third-order valence-electron chi connectivity index (χ3n) is 5.52. The molecule has 0 aliphatic carbocycles. The lowest BCUT2D eigenvalue weighted by Gasteiger charge is -2.32. The zero-order valence-corrected chi connectivity index (χ0v) is 20.3. The van der Waals surface area contributed by atoms with Crippen molar-refractivity contribution in [3.05, 3.63) is 88.6 Å². The Hall–Kier alpha value is -3.79. The van der Waals surface area contributed by atoms with Crippen molar-refractivity contribution in [3.8, 4) is 17.2 Å². The van der Waals surface area contributed by atoms with E-state index in [1.807, 2.05) is 30.3 Å². The standard InChI is InChI=1S/C25H21Cl2N5O4/c26-16-8-9-20(17(27)11-16)36-14-24(34)29-22-12-19(21-7-4-10-35-21)31-32(22)25-28-18(13-23(33)30-25)15-5-2-1-3-6-15/h1-12,18,25,28H,13-14H2,(H,29,34)(H,30,33). The summed E-state index contributed by atoms with van der Waals surface area (Å²) in [4.78, 5) is 25.3. The lowest BCUT2D eigenvalue weighted by atomic mass is 10.0. The number of nitrogens with zero attached hydrogens (tertiary/aromatic N) is 2. The first kappa shape index (κ1) is 23.9. The highest BCUT2D eigenvalue weighted by atomic mass is 35.5. The summed E-state index contributed by atoms with van der Waals surface area (Å²) in [5, 5.41) is 14.4. The molecule has 1 saturated heterocycles. The summed E-state index contributed by atoms with van der Waals surface area (Å²) in [5.74, 6) is 0.572. The predicted octanol–water partition coefficient (Wildman–Crippen LogP) is 4.77. The van der Waals surface area contributed by atoms with Crippen LogP contribution >= 0.6 is 23.2 Å². The minimum atomic E-state index is -0.720. The maximum atomic E-state index is 12.8. The van der Waals surface area contributed by atoms with Crippen LogP contribution in [0.4, 0.5) is 5.82 Å². The van der Waals surface area contributed by atoms with Gasteiger partial charge in [-0.15, -0.1) is 0 Å². The number of furan rings is 1. The van der Waals surface area contributed by atoms with E-state index in [0.717, 1.165) is 5.56 Å². The van der Waals surface area contributed by atoms with E-state index >= 15 is 0 Å². The van der Waals surface area contributed by atoms with Crippen LogP contribution < -0.4 is 20.7 Å². The van der Waals surface area contributed by atoms with Gasteiger partial charge in [0, 0.05) is 23.6 Å². The molecule has 5 rings (SSSR count). The third-order valence-corrected chi connectivity index (χ3v) is 6.05.